The summed E-state index contributed by atoms with van der Waals surface area (Å²) in [5.74, 6) is 1.67. The van der Waals surface area contributed by atoms with Gasteiger partial charge in [0.15, 0.2) is 0 Å². The third-order valence-corrected chi connectivity index (χ3v) is 5.98. The van der Waals surface area contributed by atoms with Crippen LogP contribution in [0.3, 0.4) is 0 Å². The molecule has 0 N–H and O–H groups in total. The van der Waals surface area contributed by atoms with Crippen LogP contribution in [-0.4, -0.2) is 45.9 Å². The van der Waals surface area contributed by atoms with Crippen molar-refractivity contribution in [2.45, 2.75) is 44.9 Å². The molecule has 1 aromatic carbocycles. The average molecular weight is 432 g/mol. The van der Waals surface area contributed by atoms with E-state index in [1.165, 1.54) is 0 Å². The van der Waals surface area contributed by atoms with Crippen LogP contribution in [0.2, 0.25) is 5.02 Å². The van der Waals surface area contributed by atoms with Gasteiger partial charge >= 0.3 is 6.09 Å². The topological polar surface area (TPSA) is 72.9 Å². The number of hydrogen-bond donors (Lipinski definition) is 0. The van der Waals surface area contributed by atoms with Crippen molar-refractivity contribution < 1.29 is 22.1 Å². The number of hydrogen-bond acceptors (Lipinski definition) is 5. The van der Waals surface area contributed by atoms with E-state index in [0.717, 1.165) is 51.2 Å². The highest BCUT2D eigenvalue weighted by molar-refractivity contribution is 7.85. The summed E-state index contributed by atoms with van der Waals surface area (Å²) in [6.45, 7) is 0.968. The molecular formula is C20H30ClNO5S. The Kier molecular flexibility index (Phi) is 9.05. The minimum Gasteiger partial charge on any atom is -0.410 e. The Balaban J connectivity index is 1.62. The van der Waals surface area contributed by atoms with Crippen molar-refractivity contribution in [1.82, 2.24) is 4.90 Å². The first kappa shape index (κ1) is 23.0. The van der Waals surface area contributed by atoms with Crippen molar-refractivity contribution in [3.63, 3.8) is 0 Å². The number of carbonyl (C=O) groups excluding carboxylic acids is 1. The molecular weight excluding hydrogens is 402 g/mol. The van der Waals surface area contributed by atoms with E-state index in [-0.39, 0.29) is 12.7 Å². The number of nitrogens with zero attached hydrogens (tertiary/aromatic N) is 1. The van der Waals surface area contributed by atoms with Crippen LogP contribution < -0.4 is 4.74 Å². The number of carbonyl (C=O) groups is 1. The van der Waals surface area contributed by atoms with Crippen molar-refractivity contribution in [3.8, 4) is 5.75 Å². The van der Waals surface area contributed by atoms with Gasteiger partial charge in [-0.1, -0.05) is 37.3 Å². The lowest BCUT2D eigenvalue weighted by Gasteiger charge is -2.31. The Bertz CT molecular complexity index is 715. The third kappa shape index (κ3) is 8.80. The number of halogens is 1. The lowest BCUT2D eigenvalue weighted by molar-refractivity contribution is 0.144. The fourth-order valence-electron chi connectivity index (χ4n) is 3.59. The Hall–Kier alpha value is -1.31. The molecule has 1 saturated carbocycles. The monoisotopic (exact) mass is 431 g/mol. The molecule has 0 aromatic heterocycles. The quantitative estimate of drug-likeness (QED) is 0.417. The Morgan fingerprint density at radius 2 is 1.71 bits per heavy atom. The predicted octanol–water partition coefficient (Wildman–Crippen LogP) is 4.72. The molecule has 1 aliphatic rings. The number of ether oxygens (including phenoxy) is 1. The van der Waals surface area contributed by atoms with E-state index >= 15 is 0 Å². The smallest absolute Gasteiger partial charge is 0.410 e. The second kappa shape index (κ2) is 11.0. The van der Waals surface area contributed by atoms with E-state index in [4.69, 9.17) is 20.5 Å². The summed E-state index contributed by atoms with van der Waals surface area (Å²) in [6.07, 6.45) is 8.09. The molecule has 0 atom stereocenters. The SMILES string of the molecule is CN(CC1CCC(CCCCOS(C)(=O)=O)CC1)C(=O)Oc1ccc(Cl)cc1. The molecule has 0 saturated heterocycles. The van der Waals surface area contributed by atoms with Crippen molar-refractivity contribution in [3.05, 3.63) is 29.3 Å². The molecule has 0 spiro atoms. The molecule has 0 bridgehead atoms. The van der Waals surface area contributed by atoms with Gasteiger partial charge in [-0.15, -0.1) is 0 Å². The van der Waals surface area contributed by atoms with Gasteiger partial charge in [-0.2, -0.15) is 8.42 Å². The third-order valence-electron chi connectivity index (χ3n) is 5.13. The Morgan fingerprint density at radius 1 is 1.11 bits per heavy atom. The van der Waals surface area contributed by atoms with E-state index in [1.807, 2.05) is 0 Å². The summed E-state index contributed by atoms with van der Waals surface area (Å²) >= 11 is 5.84. The molecule has 1 aromatic rings. The van der Waals surface area contributed by atoms with Gasteiger partial charge < -0.3 is 9.64 Å². The average Bonchev–Trinajstić information content (AvgIpc) is 2.63. The molecule has 2 rings (SSSR count). The Labute approximate surface area is 173 Å². The van der Waals surface area contributed by atoms with Gasteiger partial charge in [0.05, 0.1) is 12.9 Å². The summed E-state index contributed by atoms with van der Waals surface area (Å²) < 4.78 is 32.0. The van der Waals surface area contributed by atoms with E-state index in [0.29, 0.717) is 29.2 Å². The van der Waals surface area contributed by atoms with Gasteiger partial charge in [0, 0.05) is 18.6 Å². The first-order chi connectivity index (χ1) is 13.2. The lowest BCUT2D eigenvalue weighted by atomic mass is 9.79. The zero-order valence-corrected chi connectivity index (χ0v) is 18.2. The zero-order valence-electron chi connectivity index (χ0n) is 16.6. The number of rotatable bonds is 9. The highest BCUT2D eigenvalue weighted by Gasteiger charge is 2.24. The fourth-order valence-corrected chi connectivity index (χ4v) is 4.14. The molecule has 158 valence electrons. The van der Waals surface area contributed by atoms with Gasteiger partial charge in [-0.05, 0) is 55.4 Å². The van der Waals surface area contributed by atoms with Crippen LogP contribution in [-0.2, 0) is 14.3 Å². The minimum atomic E-state index is -3.33. The molecule has 1 aliphatic carbocycles. The largest absolute Gasteiger partial charge is 0.414 e. The van der Waals surface area contributed by atoms with Gasteiger partial charge in [0.25, 0.3) is 10.1 Å². The first-order valence-electron chi connectivity index (χ1n) is 9.76. The normalized spacial score (nSPS) is 20.0. The molecule has 0 heterocycles. The molecule has 1 amide bonds. The summed E-state index contributed by atoms with van der Waals surface area (Å²) in [7, 11) is -1.56. The zero-order chi connectivity index (χ0) is 20.6. The maximum atomic E-state index is 12.2. The summed E-state index contributed by atoms with van der Waals surface area (Å²) in [4.78, 5) is 13.9. The van der Waals surface area contributed by atoms with Crippen LogP contribution in [0.15, 0.2) is 24.3 Å². The summed E-state index contributed by atoms with van der Waals surface area (Å²) in [6, 6.07) is 6.75. The lowest BCUT2D eigenvalue weighted by Crippen LogP contribution is -2.35. The van der Waals surface area contributed by atoms with Crippen LogP contribution in [0.5, 0.6) is 5.75 Å². The first-order valence-corrected chi connectivity index (χ1v) is 12.0. The van der Waals surface area contributed by atoms with Crippen LogP contribution in [0, 0.1) is 11.8 Å². The van der Waals surface area contributed by atoms with Gasteiger partial charge in [0.1, 0.15) is 5.75 Å². The molecule has 0 radical (unpaired) electrons. The second-order valence-electron chi connectivity index (χ2n) is 7.61. The fraction of sp³-hybridized carbons (Fsp3) is 0.650. The van der Waals surface area contributed by atoms with Crippen LogP contribution >= 0.6 is 11.6 Å². The van der Waals surface area contributed by atoms with Crippen LogP contribution in [0.1, 0.15) is 44.9 Å². The van der Waals surface area contributed by atoms with E-state index < -0.39 is 10.1 Å². The second-order valence-corrected chi connectivity index (χ2v) is 9.69. The standard InChI is InChI=1S/C20H30ClNO5S/c1-22(20(23)27-19-12-10-18(21)11-13-19)15-17-8-6-16(7-9-17)5-3-4-14-26-28(2,24)25/h10-13,16-17H,3-9,14-15H2,1-2H3. The van der Waals surface area contributed by atoms with Crippen molar-refractivity contribution >= 4 is 27.8 Å². The van der Waals surface area contributed by atoms with Crippen LogP contribution in [0.4, 0.5) is 4.79 Å². The van der Waals surface area contributed by atoms with Crippen molar-refractivity contribution in [2.24, 2.45) is 11.8 Å². The summed E-state index contributed by atoms with van der Waals surface area (Å²) in [5, 5.41) is 0.604. The number of amides is 1. The predicted molar refractivity (Wildman–Crippen MR) is 110 cm³/mol. The molecule has 1 fully saturated rings. The van der Waals surface area contributed by atoms with Gasteiger partial charge in [-0.3, -0.25) is 4.18 Å². The van der Waals surface area contributed by atoms with E-state index in [1.54, 1.807) is 36.2 Å². The maximum Gasteiger partial charge on any atom is 0.414 e. The molecule has 28 heavy (non-hydrogen) atoms. The molecule has 8 heteroatoms. The minimum absolute atomic E-state index is 0.273. The number of unbranched alkanes of at least 4 members (excludes halogenated alkanes) is 1. The molecule has 0 unspecified atom stereocenters. The maximum absolute atomic E-state index is 12.2. The number of benzene rings is 1. The van der Waals surface area contributed by atoms with E-state index in [2.05, 4.69) is 0 Å². The Morgan fingerprint density at radius 3 is 2.32 bits per heavy atom. The van der Waals surface area contributed by atoms with E-state index in [9.17, 15) is 13.2 Å². The van der Waals surface area contributed by atoms with Crippen molar-refractivity contribution in [2.75, 3.05) is 26.5 Å². The van der Waals surface area contributed by atoms with Crippen LogP contribution in [0.25, 0.3) is 0 Å². The molecule has 0 aliphatic heterocycles. The highest BCUT2D eigenvalue weighted by Crippen LogP contribution is 2.32. The molecule has 6 nitrogen and oxygen atoms in total. The summed E-state index contributed by atoms with van der Waals surface area (Å²) in [5.41, 5.74) is 0. The van der Waals surface area contributed by atoms with Crippen molar-refractivity contribution in [1.29, 1.82) is 0 Å². The highest BCUT2D eigenvalue weighted by atomic mass is 35.5. The van der Waals surface area contributed by atoms with Gasteiger partial charge in [0.2, 0.25) is 0 Å². The van der Waals surface area contributed by atoms with Gasteiger partial charge in [-0.25, -0.2) is 4.79 Å².